The lowest BCUT2D eigenvalue weighted by Gasteiger charge is -2.28. The number of benzene rings is 4. The number of rotatable bonds is 12. The molecule has 0 saturated heterocycles. The smallest absolute Gasteiger partial charge is 0.251 e. The maximum Gasteiger partial charge on any atom is 0.251 e. The Hall–Kier alpha value is -3.46. The largest absolute Gasteiger partial charge is 0.351 e. The third-order valence-corrected chi connectivity index (χ3v) is 11.8. The van der Waals surface area contributed by atoms with Crippen LogP contribution in [0.1, 0.15) is 36.2 Å². The first-order valence-electron chi connectivity index (χ1n) is 13.7. The highest BCUT2D eigenvalue weighted by atomic mass is 35.5. The van der Waals surface area contributed by atoms with Crippen molar-refractivity contribution in [2.75, 3.05) is 12.7 Å². The normalized spacial score (nSPS) is 12.1. The Kier molecular flexibility index (Phi) is 10.5. The molecule has 0 aromatic heterocycles. The molecule has 0 aliphatic carbocycles. The van der Waals surface area contributed by atoms with Gasteiger partial charge in [-0.1, -0.05) is 80.6 Å². The molecule has 0 heterocycles. The van der Waals surface area contributed by atoms with Gasteiger partial charge in [-0.15, -0.1) is 11.6 Å². The maximum atomic E-state index is 13.5. The van der Waals surface area contributed by atoms with E-state index in [4.69, 9.17) is 11.6 Å². The van der Waals surface area contributed by atoms with Gasteiger partial charge < -0.3 is 10.6 Å². The monoisotopic (exact) mass is 571 g/mol. The minimum absolute atomic E-state index is 0.164. The molecule has 1 atom stereocenters. The molecule has 0 bridgehead atoms. The van der Waals surface area contributed by atoms with Gasteiger partial charge in [-0.05, 0) is 66.4 Å². The molecule has 4 nitrogen and oxygen atoms in total. The quantitative estimate of drug-likeness (QED) is 0.170. The SMILES string of the molecule is CC(C)CC(NC(=O)c1cccc(CCl)c1)C(=O)NCC[P+](c1ccccc1)(c1ccccc1)c1ccccc1. The van der Waals surface area contributed by atoms with Crippen LogP contribution in [0.15, 0.2) is 115 Å². The molecule has 0 aliphatic rings. The Morgan fingerprint density at radius 1 is 0.750 bits per heavy atom. The van der Waals surface area contributed by atoms with E-state index in [2.05, 4.69) is 97.3 Å². The van der Waals surface area contributed by atoms with Crippen LogP contribution in [0.5, 0.6) is 0 Å². The summed E-state index contributed by atoms with van der Waals surface area (Å²) in [7, 11) is -2.07. The summed E-state index contributed by atoms with van der Waals surface area (Å²) in [6.45, 7) is 4.59. The molecule has 4 aromatic carbocycles. The minimum Gasteiger partial charge on any atom is -0.351 e. The summed E-state index contributed by atoms with van der Waals surface area (Å²) in [6, 6.07) is 38.4. The molecule has 2 N–H and O–H groups in total. The lowest BCUT2D eigenvalue weighted by atomic mass is 10.0. The van der Waals surface area contributed by atoms with Gasteiger partial charge in [-0.3, -0.25) is 9.59 Å². The summed E-state index contributed by atoms with van der Waals surface area (Å²) >= 11 is 5.96. The van der Waals surface area contributed by atoms with E-state index in [1.807, 2.05) is 30.3 Å². The van der Waals surface area contributed by atoms with Gasteiger partial charge in [0.1, 0.15) is 29.2 Å². The van der Waals surface area contributed by atoms with Crippen LogP contribution in [0, 0.1) is 5.92 Å². The van der Waals surface area contributed by atoms with E-state index in [0.717, 1.165) is 11.7 Å². The fraction of sp³-hybridized carbons (Fsp3) is 0.235. The second-order valence-corrected chi connectivity index (χ2v) is 14.2. The van der Waals surface area contributed by atoms with Crippen molar-refractivity contribution in [1.82, 2.24) is 10.6 Å². The summed E-state index contributed by atoms with van der Waals surface area (Å²) in [4.78, 5) is 26.6. The van der Waals surface area contributed by atoms with E-state index in [1.165, 1.54) is 15.9 Å². The first-order chi connectivity index (χ1) is 19.4. The summed E-state index contributed by atoms with van der Waals surface area (Å²) in [5, 5.41) is 9.97. The molecular weight excluding hydrogens is 535 g/mol. The van der Waals surface area contributed by atoms with E-state index >= 15 is 0 Å². The highest BCUT2D eigenvalue weighted by molar-refractivity contribution is 7.95. The van der Waals surface area contributed by atoms with Crippen molar-refractivity contribution in [3.05, 3.63) is 126 Å². The summed E-state index contributed by atoms with van der Waals surface area (Å²) in [5.74, 6) is 0.122. The van der Waals surface area contributed by atoms with E-state index in [9.17, 15) is 9.59 Å². The molecule has 4 rings (SSSR count). The third-order valence-electron chi connectivity index (χ3n) is 7.01. The molecule has 2 amide bonds. The van der Waals surface area contributed by atoms with Crippen molar-refractivity contribution in [2.24, 2.45) is 5.92 Å². The second-order valence-electron chi connectivity index (χ2n) is 10.3. The van der Waals surface area contributed by atoms with Crippen LogP contribution in [-0.2, 0) is 10.7 Å². The molecule has 206 valence electrons. The third kappa shape index (κ3) is 7.18. The van der Waals surface area contributed by atoms with E-state index in [0.29, 0.717) is 24.4 Å². The first-order valence-corrected chi connectivity index (χ1v) is 16.2. The lowest BCUT2D eigenvalue weighted by molar-refractivity contribution is -0.123. The average Bonchev–Trinajstić information content (AvgIpc) is 3.00. The van der Waals surface area contributed by atoms with Crippen molar-refractivity contribution in [3.63, 3.8) is 0 Å². The summed E-state index contributed by atoms with van der Waals surface area (Å²) < 4.78 is 0. The van der Waals surface area contributed by atoms with Gasteiger partial charge in [0.05, 0.1) is 12.7 Å². The van der Waals surface area contributed by atoms with E-state index < -0.39 is 13.3 Å². The fourth-order valence-corrected chi connectivity index (χ4v) is 9.42. The molecule has 1 unspecified atom stereocenters. The van der Waals surface area contributed by atoms with Gasteiger partial charge >= 0.3 is 0 Å². The van der Waals surface area contributed by atoms with Crippen LogP contribution >= 0.6 is 18.9 Å². The molecule has 6 heteroatoms. The number of halogens is 1. The van der Waals surface area contributed by atoms with Gasteiger partial charge in [-0.25, -0.2) is 0 Å². The highest BCUT2D eigenvalue weighted by Crippen LogP contribution is 2.54. The lowest BCUT2D eigenvalue weighted by Crippen LogP contribution is -2.48. The molecule has 0 aliphatic heterocycles. The number of carbonyl (C=O) groups is 2. The molecule has 40 heavy (non-hydrogen) atoms. The average molecular weight is 572 g/mol. The van der Waals surface area contributed by atoms with Gasteiger partial charge in [0.25, 0.3) is 5.91 Å². The number of carbonyl (C=O) groups excluding carboxylic acids is 2. The number of hydrogen-bond acceptors (Lipinski definition) is 2. The summed E-state index contributed by atoms with van der Waals surface area (Å²) in [6.07, 6.45) is 1.31. The topological polar surface area (TPSA) is 58.2 Å². The molecule has 0 saturated carbocycles. The maximum absolute atomic E-state index is 13.5. The van der Waals surface area contributed by atoms with Crippen molar-refractivity contribution >= 4 is 46.6 Å². The zero-order chi connectivity index (χ0) is 28.4. The number of alkyl halides is 1. The van der Waals surface area contributed by atoms with Crippen LogP contribution in [0.2, 0.25) is 0 Å². The Labute approximate surface area is 243 Å². The number of hydrogen-bond donors (Lipinski definition) is 2. The molecular formula is C34H37ClN2O2P+. The zero-order valence-corrected chi connectivity index (χ0v) is 24.7. The Balaban J connectivity index is 1.58. The van der Waals surface area contributed by atoms with Gasteiger partial charge in [0, 0.05) is 11.4 Å². The van der Waals surface area contributed by atoms with Gasteiger partial charge in [-0.2, -0.15) is 0 Å². The van der Waals surface area contributed by atoms with Gasteiger partial charge in [0.2, 0.25) is 5.91 Å². The van der Waals surface area contributed by atoms with Crippen LogP contribution < -0.4 is 26.5 Å². The summed E-state index contributed by atoms with van der Waals surface area (Å²) in [5.41, 5.74) is 1.36. The molecule has 0 radical (unpaired) electrons. The number of amides is 2. The van der Waals surface area contributed by atoms with Gasteiger partial charge in [0.15, 0.2) is 0 Å². The van der Waals surface area contributed by atoms with Crippen LogP contribution in [-0.4, -0.2) is 30.6 Å². The Morgan fingerprint density at radius 2 is 1.27 bits per heavy atom. The fourth-order valence-electron chi connectivity index (χ4n) is 5.09. The standard InChI is InChI=1S/C34H36ClN2O2P/c1-26(2)23-32(37-33(38)28-14-12-13-27(24-28)25-35)34(39)36-21-22-40(29-15-6-3-7-16-29,30-17-8-4-9-18-30)31-19-10-5-11-20-31/h3-20,24,26,32H,21-23,25H2,1-2H3,(H-,36,37,38,39)/p+1. The van der Waals surface area contributed by atoms with Crippen molar-refractivity contribution in [1.29, 1.82) is 0 Å². The van der Waals surface area contributed by atoms with E-state index in [-0.39, 0.29) is 17.7 Å². The van der Waals surface area contributed by atoms with E-state index in [1.54, 1.807) is 12.1 Å². The molecule has 4 aromatic rings. The minimum atomic E-state index is -2.07. The second kappa shape index (κ2) is 14.3. The van der Waals surface area contributed by atoms with Crippen LogP contribution in [0.3, 0.4) is 0 Å². The van der Waals surface area contributed by atoms with Crippen molar-refractivity contribution in [3.8, 4) is 0 Å². The predicted molar refractivity (Wildman–Crippen MR) is 170 cm³/mol. The first kappa shape index (κ1) is 29.5. The predicted octanol–water partition coefficient (Wildman–Crippen LogP) is 5.68. The Bertz CT molecular complexity index is 1280. The molecule has 0 spiro atoms. The highest BCUT2D eigenvalue weighted by Gasteiger charge is 2.44. The van der Waals surface area contributed by atoms with Crippen molar-refractivity contribution in [2.45, 2.75) is 32.2 Å². The zero-order valence-electron chi connectivity index (χ0n) is 23.1. The Morgan fingerprint density at radius 3 is 1.75 bits per heavy atom. The van der Waals surface area contributed by atoms with Crippen LogP contribution in [0.4, 0.5) is 0 Å². The number of nitrogens with one attached hydrogen (secondary N) is 2. The van der Waals surface area contributed by atoms with Crippen molar-refractivity contribution < 1.29 is 9.59 Å². The molecule has 0 fully saturated rings. The van der Waals surface area contributed by atoms with Crippen LogP contribution in [0.25, 0.3) is 0 Å².